The van der Waals surface area contributed by atoms with E-state index in [2.05, 4.69) is 4.72 Å². The third-order valence-electron chi connectivity index (χ3n) is 2.89. The van der Waals surface area contributed by atoms with Gasteiger partial charge in [-0.3, -0.25) is 0 Å². The summed E-state index contributed by atoms with van der Waals surface area (Å²) in [5.41, 5.74) is 4.80. The van der Waals surface area contributed by atoms with Gasteiger partial charge in [0.15, 0.2) is 11.6 Å². The summed E-state index contributed by atoms with van der Waals surface area (Å²) in [4.78, 5) is -0.320. The first kappa shape index (κ1) is 20.2. The van der Waals surface area contributed by atoms with E-state index in [4.69, 9.17) is 5.73 Å². The summed E-state index contributed by atoms with van der Waals surface area (Å²) in [6.07, 6.45) is 0.534. The first-order chi connectivity index (χ1) is 9.09. The first-order valence-corrected chi connectivity index (χ1v) is 7.77. The van der Waals surface area contributed by atoms with Crippen molar-refractivity contribution in [3.8, 4) is 0 Å². The van der Waals surface area contributed by atoms with Crippen molar-refractivity contribution in [3.63, 3.8) is 0 Å². The molecule has 0 saturated heterocycles. The van der Waals surface area contributed by atoms with Crippen LogP contribution in [-0.4, -0.2) is 20.5 Å². The monoisotopic (exact) mass is 342 g/mol. The smallest absolute Gasteiger partial charge is 0.241 e. The van der Waals surface area contributed by atoms with Crippen molar-refractivity contribution in [1.29, 1.82) is 0 Å². The molecule has 1 rings (SSSR count). The van der Waals surface area contributed by atoms with Crippen molar-refractivity contribution in [1.82, 2.24) is 4.72 Å². The minimum atomic E-state index is -3.95. The van der Waals surface area contributed by atoms with Gasteiger partial charge in [-0.15, -0.1) is 12.4 Å². The fraction of sp³-hybridized carbons (Fsp3) is 0.538. The van der Waals surface area contributed by atoms with Crippen LogP contribution in [0.15, 0.2) is 23.1 Å². The molecule has 0 amide bonds. The fourth-order valence-electron chi connectivity index (χ4n) is 2.10. The normalized spacial score (nSPS) is 14.6. The number of rotatable bonds is 6. The average Bonchev–Trinajstić information content (AvgIpc) is 2.30. The van der Waals surface area contributed by atoms with Gasteiger partial charge in [0.05, 0.1) is 4.90 Å². The molecule has 21 heavy (non-hydrogen) atoms. The molecule has 0 fully saturated rings. The second kappa shape index (κ2) is 7.49. The maximum absolute atomic E-state index is 13.1. The highest BCUT2D eigenvalue weighted by Gasteiger charge is 2.30. The van der Waals surface area contributed by atoms with Crippen LogP contribution in [0.1, 0.15) is 27.2 Å². The van der Waals surface area contributed by atoms with Gasteiger partial charge in [-0.2, -0.15) is 0 Å². The van der Waals surface area contributed by atoms with E-state index in [1.165, 1.54) is 0 Å². The van der Waals surface area contributed by atoms with Crippen LogP contribution in [0.5, 0.6) is 0 Å². The maximum Gasteiger partial charge on any atom is 0.241 e. The molecule has 0 aromatic heterocycles. The highest BCUT2D eigenvalue weighted by atomic mass is 35.5. The van der Waals surface area contributed by atoms with Gasteiger partial charge in [0.25, 0.3) is 0 Å². The summed E-state index contributed by atoms with van der Waals surface area (Å²) in [6, 6.07) is 2.46. The fourth-order valence-corrected chi connectivity index (χ4v) is 3.53. The Morgan fingerprint density at radius 2 is 1.86 bits per heavy atom. The summed E-state index contributed by atoms with van der Waals surface area (Å²) in [6.45, 7) is 5.68. The second-order valence-electron chi connectivity index (χ2n) is 5.54. The summed E-state index contributed by atoms with van der Waals surface area (Å²) in [5.74, 6) is -2.06. The second-order valence-corrected chi connectivity index (χ2v) is 7.23. The average molecular weight is 343 g/mol. The predicted octanol–water partition coefficient (Wildman–Crippen LogP) is 2.43. The Kier molecular flexibility index (Phi) is 7.22. The van der Waals surface area contributed by atoms with Gasteiger partial charge >= 0.3 is 0 Å². The minimum absolute atomic E-state index is 0. The highest BCUT2D eigenvalue weighted by molar-refractivity contribution is 7.89. The molecule has 3 N–H and O–H groups in total. The third-order valence-corrected chi connectivity index (χ3v) is 4.53. The molecule has 0 aliphatic heterocycles. The predicted molar refractivity (Wildman–Crippen MR) is 80.8 cm³/mol. The van der Waals surface area contributed by atoms with Crippen LogP contribution in [0.3, 0.4) is 0 Å². The highest BCUT2D eigenvalue weighted by Crippen LogP contribution is 2.20. The maximum atomic E-state index is 13.1. The van der Waals surface area contributed by atoms with E-state index in [1.54, 1.807) is 6.92 Å². The van der Waals surface area contributed by atoms with Crippen LogP contribution in [0.4, 0.5) is 8.78 Å². The largest absolute Gasteiger partial charge is 0.329 e. The Labute approximate surface area is 130 Å². The van der Waals surface area contributed by atoms with E-state index in [1.807, 2.05) is 13.8 Å². The standard InChI is InChI=1S/C13H20F2N2O2S.ClH/c1-9(2)7-13(3,8-16)17-20(18,19)10-4-5-11(14)12(15)6-10;/h4-6,9,17H,7-8,16H2,1-3H3;1H. The number of nitrogens with one attached hydrogen (secondary N) is 1. The number of sulfonamides is 1. The molecule has 0 heterocycles. The zero-order valence-electron chi connectivity index (χ0n) is 12.2. The van der Waals surface area contributed by atoms with Gasteiger partial charge in [-0.05, 0) is 37.5 Å². The van der Waals surface area contributed by atoms with Crippen molar-refractivity contribution in [3.05, 3.63) is 29.8 Å². The number of halogens is 3. The molecule has 1 aromatic carbocycles. The van der Waals surface area contributed by atoms with Gasteiger partial charge in [0.1, 0.15) is 0 Å². The van der Waals surface area contributed by atoms with Crippen molar-refractivity contribution in [2.75, 3.05) is 6.54 Å². The molecule has 0 aliphatic rings. The van der Waals surface area contributed by atoms with Crippen molar-refractivity contribution >= 4 is 22.4 Å². The quantitative estimate of drug-likeness (QED) is 0.834. The number of nitrogens with two attached hydrogens (primary N) is 1. The van der Waals surface area contributed by atoms with Crippen LogP contribution in [0.2, 0.25) is 0 Å². The summed E-state index contributed by atoms with van der Waals surface area (Å²) in [7, 11) is -3.95. The summed E-state index contributed by atoms with van der Waals surface area (Å²) < 4.78 is 52.9. The zero-order chi connectivity index (χ0) is 15.6. The molecule has 0 aliphatic carbocycles. The van der Waals surface area contributed by atoms with Gasteiger partial charge in [-0.1, -0.05) is 13.8 Å². The van der Waals surface area contributed by atoms with Crippen LogP contribution >= 0.6 is 12.4 Å². The summed E-state index contributed by atoms with van der Waals surface area (Å²) in [5, 5.41) is 0. The molecule has 122 valence electrons. The lowest BCUT2D eigenvalue weighted by atomic mass is 9.92. The molecule has 0 radical (unpaired) electrons. The Morgan fingerprint density at radius 3 is 2.29 bits per heavy atom. The van der Waals surface area contributed by atoms with Crippen molar-refractivity contribution in [2.45, 2.75) is 37.6 Å². The molecule has 0 bridgehead atoms. The Bertz CT molecular complexity index is 582. The lowest BCUT2D eigenvalue weighted by Gasteiger charge is -2.30. The van der Waals surface area contributed by atoms with E-state index in [0.29, 0.717) is 12.5 Å². The van der Waals surface area contributed by atoms with E-state index >= 15 is 0 Å². The molecule has 8 heteroatoms. The summed E-state index contributed by atoms with van der Waals surface area (Å²) >= 11 is 0. The third kappa shape index (κ3) is 5.50. The molecule has 1 atom stereocenters. The van der Waals surface area contributed by atoms with E-state index < -0.39 is 27.2 Å². The Morgan fingerprint density at radius 1 is 1.29 bits per heavy atom. The molecule has 0 spiro atoms. The molecule has 1 unspecified atom stereocenters. The lowest BCUT2D eigenvalue weighted by molar-refractivity contribution is 0.344. The van der Waals surface area contributed by atoms with Crippen LogP contribution in [0, 0.1) is 17.6 Å². The van der Waals surface area contributed by atoms with Crippen LogP contribution in [-0.2, 0) is 10.0 Å². The van der Waals surface area contributed by atoms with Crippen molar-refractivity contribution < 1.29 is 17.2 Å². The number of benzene rings is 1. The van der Waals surface area contributed by atoms with E-state index in [9.17, 15) is 17.2 Å². The molecule has 1 aromatic rings. The Balaban J connectivity index is 0.00000400. The Hall–Kier alpha value is -0.760. The van der Waals surface area contributed by atoms with Crippen LogP contribution in [0.25, 0.3) is 0 Å². The van der Waals surface area contributed by atoms with Crippen molar-refractivity contribution in [2.24, 2.45) is 11.7 Å². The molecular weight excluding hydrogens is 322 g/mol. The molecule has 4 nitrogen and oxygen atoms in total. The first-order valence-electron chi connectivity index (χ1n) is 6.29. The SMILES string of the molecule is CC(C)CC(C)(CN)NS(=O)(=O)c1ccc(F)c(F)c1.Cl. The lowest BCUT2D eigenvalue weighted by Crippen LogP contribution is -2.52. The van der Waals surface area contributed by atoms with Gasteiger partial charge in [0.2, 0.25) is 10.0 Å². The molecular formula is C13H21ClF2N2O2S. The van der Waals surface area contributed by atoms with E-state index in [0.717, 1.165) is 12.1 Å². The molecule has 0 saturated carbocycles. The topological polar surface area (TPSA) is 72.2 Å². The van der Waals surface area contributed by atoms with Gasteiger partial charge in [0, 0.05) is 12.1 Å². The van der Waals surface area contributed by atoms with Crippen LogP contribution < -0.4 is 10.5 Å². The van der Waals surface area contributed by atoms with Gasteiger partial charge < -0.3 is 5.73 Å². The van der Waals surface area contributed by atoms with Gasteiger partial charge in [-0.25, -0.2) is 21.9 Å². The number of hydrogen-bond acceptors (Lipinski definition) is 3. The number of hydrogen-bond donors (Lipinski definition) is 2. The zero-order valence-corrected chi connectivity index (χ0v) is 13.8. The minimum Gasteiger partial charge on any atom is -0.329 e. The van der Waals surface area contributed by atoms with E-state index in [-0.39, 0.29) is 29.8 Å².